The third kappa shape index (κ3) is 5.09. The van der Waals surface area contributed by atoms with E-state index >= 15 is 0 Å². The van der Waals surface area contributed by atoms with Crippen LogP contribution < -0.4 is 5.73 Å². The minimum Gasteiger partial charge on any atom is -0.481 e. The van der Waals surface area contributed by atoms with Crippen LogP contribution in [0, 0.1) is 0 Å². The fourth-order valence-corrected chi connectivity index (χ4v) is 2.92. The van der Waals surface area contributed by atoms with E-state index in [9.17, 15) is 9.59 Å². The number of hydrogen-bond donors (Lipinski definition) is 3. The first-order valence-electron chi connectivity index (χ1n) is 7.08. The zero-order chi connectivity index (χ0) is 17.9. The van der Waals surface area contributed by atoms with Crippen LogP contribution >= 0.6 is 35.6 Å². The van der Waals surface area contributed by atoms with Crippen molar-refractivity contribution in [3.05, 3.63) is 57.6 Å². The van der Waals surface area contributed by atoms with Crippen molar-refractivity contribution >= 4 is 47.5 Å². The molecule has 5 nitrogen and oxygen atoms in total. The lowest BCUT2D eigenvalue weighted by Gasteiger charge is -2.16. The third-order valence-electron chi connectivity index (χ3n) is 3.67. The summed E-state index contributed by atoms with van der Waals surface area (Å²) in [4.78, 5) is 22.0. The molecule has 134 valence electrons. The summed E-state index contributed by atoms with van der Waals surface area (Å²) in [5, 5.41) is 18.7. The van der Waals surface area contributed by atoms with Crippen LogP contribution in [-0.2, 0) is 4.79 Å². The Labute approximate surface area is 160 Å². The van der Waals surface area contributed by atoms with Crippen molar-refractivity contribution < 1.29 is 19.8 Å². The molecule has 0 unspecified atom stereocenters. The van der Waals surface area contributed by atoms with E-state index in [4.69, 9.17) is 39.1 Å². The number of nitrogens with two attached hydrogens (primary N) is 1. The molecule has 0 aromatic heterocycles. The summed E-state index contributed by atoms with van der Waals surface area (Å²) in [7, 11) is 0. The number of carboxylic acid groups (broad SMARTS) is 2. The maximum absolute atomic E-state index is 11.0. The van der Waals surface area contributed by atoms with Crippen LogP contribution in [0.3, 0.4) is 0 Å². The zero-order valence-corrected chi connectivity index (χ0v) is 15.2. The Hall–Kier alpha value is -1.79. The molecule has 4 N–H and O–H groups in total. The first-order chi connectivity index (χ1) is 11.3. The average molecular weight is 405 g/mol. The Balaban J connectivity index is 0.00000312. The summed E-state index contributed by atoms with van der Waals surface area (Å²) in [6, 6.07) is 9.48. The molecule has 2 aromatic rings. The van der Waals surface area contributed by atoms with Gasteiger partial charge in [0.15, 0.2) is 0 Å². The Morgan fingerprint density at radius 3 is 2.20 bits per heavy atom. The molecule has 8 heteroatoms. The van der Waals surface area contributed by atoms with Crippen LogP contribution in [0.1, 0.15) is 28.3 Å². The van der Waals surface area contributed by atoms with E-state index < -0.39 is 11.9 Å². The molecule has 2 rings (SSSR count). The molecule has 25 heavy (non-hydrogen) atoms. The van der Waals surface area contributed by atoms with E-state index in [1.165, 1.54) is 12.1 Å². The molecule has 0 heterocycles. The minimum absolute atomic E-state index is 0. The van der Waals surface area contributed by atoms with E-state index in [1.54, 1.807) is 24.3 Å². The van der Waals surface area contributed by atoms with Crippen molar-refractivity contribution in [2.75, 3.05) is 6.54 Å². The number of carbonyl (C=O) groups is 2. The molecule has 0 fully saturated rings. The second-order valence-electron chi connectivity index (χ2n) is 5.27. The second kappa shape index (κ2) is 9.06. The van der Waals surface area contributed by atoms with E-state index in [-0.39, 0.29) is 41.9 Å². The van der Waals surface area contributed by atoms with E-state index in [1.807, 2.05) is 0 Å². The lowest BCUT2D eigenvalue weighted by atomic mass is 9.92. The van der Waals surface area contributed by atoms with Gasteiger partial charge in [0.05, 0.1) is 12.0 Å². The fourth-order valence-electron chi connectivity index (χ4n) is 2.42. The quantitative estimate of drug-likeness (QED) is 0.666. The van der Waals surface area contributed by atoms with Crippen LogP contribution in [0.2, 0.25) is 10.0 Å². The highest BCUT2D eigenvalue weighted by Crippen LogP contribution is 2.36. The van der Waals surface area contributed by atoms with Gasteiger partial charge in [0.1, 0.15) is 0 Å². The predicted octanol–water partition coefficient (Wildman–Crippen LogP) is 4.30. The number of rotatable bonds is 6. The van der Waals surface area contributed by atoms with Gasteiger partial charge in [-0.3, -0.25) is 4.79 Å². The van der Waals surface area contributed by atoms with Gasteiger partial charge in [-0.1, -0.05) is 35.3 Å². The SMILES string of the molecule is Cl.NC[C@H](CC(=O)O)c1ccc(Cl)c(-c2ccc(C(=O)O)cc2Cl)c1. The normalized spacial score (nSPS) is 11.5. The summed E-state index contributed by atoms with van der Waals surface area (Å²) in [6.45, 7) is 0.180. The lowest BCUT2D eigenvalue weighted by Crippen LogP contribution is -2.16. The lowest BCUT2D eigenvalue weighted by molar-refractivity contribution is -0.137. The molecule has 0 aliphatic carbocycles. The fraction of sp³-hybridized carbons (Fsp3) is 0.176. The average Bonchev–Trinajstić information content (AvgIpc) is 2.53. The van der Waals surface area contributed by atoms with Crippen molar-refractivity contribution in [1.82, 2.24) is 0 Å². The topological polar surface area (TPSA) is 101 Å². The minimum atomic E-state index is -1.08. The van der Waals surface area contributed by atoms with Gasteiger partial charge in [0, 0.05) is 27.1 Å². The molecule has 0 aliphatic rings. The van der Waals surface area contributed by atoms with Crippen molar-refractivity contribution in [2.45, 2.75) is 12.3 Å². The largest absolute Gasteiger partial charge is 0.481 e. The molecule has 0 spiro atoms. The molecule has 0 aliphatic heterocycles. The van der Waals surface area contributed by atoms with E-state index in [0.29, 0.717) is 16.1 Å². The third-order valence-corrected chi connectivity index (χ3v) is 4.32. The molecule has 0 amide bonds. The maximum Gasteiger partial charge on any atom is 0.335 e. The van der Waals surface area contributed by atoms with Gasteiger partial charge in [0.2, 0.25) is 0 Å². The number of benzene rings is 2. The second-order valence-corrected chi connectivity index (χ2v) is 6.08. The maximum atomic E-state index is 11.0. The summed E-state index contributed by atoms with van der Waals surface area (Å²) < 4.78 is 0. The Morgan fingerprint density at radius 2 is 1.68 bits per heavy atom. The first-order valence-corrected chi connectivity index (χ1v) is 7.83. The molecule has 0 radical (unpaired) electrons. The highest BCUT2D eigenvalue weighted by molar-refractivity contribution is 6.36. The summed E-state index contributed by atoms with van der Waals surface area (Å²) in [5.41, 5.74) is 7.65. The Morgan fingerprint density at radius 1 is 1.00 bits per heavy atom. The molecular formula is C17H16Cl3NO4. The van der Waals surface area contributed by atoms with Crippen LogP contribution in [-0.4, -0.2) is 28.7 Å². The van der Waals surface area contributed by atoms with E-state index in [0.717, 1.165) is 5.56 Å². The number of hydrogen-bond acceptors (Lipinski definition) is 3. The van der Waals surface area contributed by atoms with Gasteiger partial charge < -0.3 is 15.9 Å². The number of halogens is 3. The summed E-state index contributed by atoms with van der Waals surface area (Å²) >= 11 is 12.4. The van der Waals surface area contributed by atoms with Crippen LogP contribution in [0.5, 0.6) is 0 Å². The zero-order valence-electron chi connectivity index (χ0n) is 12.9. The highest BCUT2D eigenvalue weighted by atomic mass is 35.5. The number of carboxylic acids is 2. The molecule has 0 saturated carbocycles. The van der Waals surface area contributed by atoms with Crippen LogP contribution in [0.15, 0.2) is 36.4 Å². The highest BCUT2D eigenvalue weighted by Gasteiger charge is 2.17. The molecular weight excluding hydrogens is 389 g/mol. The smallest absolute Gasteiger partial charge is 0.335 e. The van der Waals surface area contributed by atoms with Crippen molar-refractivity contribution in [3.63, 3.8) is 0 Å². The van der Waals surface area contributed by atoms with Gasteiger partial charge in [-0.2, -0.15) is 0 Å². The Kier molecular flexibility index (Phi) is 7.70. The van der Waals surface area contributed by atoms with Gasteiger partial charge in [-0.15, -0.1) is 12.4 Å². The summed E-state index contributed by atoms with van der Waals surface area (Å²) in [6.07, 6.45) is -0.0940. The summed E-state index contributed by atoms with van der Waals surface area (Å²) in [5.74, 6) is -2.37. The first kappa shape index (κ1) is 21.3. The number of aliphatic carboxylic acids is 1. The molecule has 2 aromatic carbocycles. The van der Waals surface area contributed by atoms with Crippen molar-refractivity contribution in [1.29, 1.82) is 0 Å². The Bertz CT molecular complexity index is 795. The van der Waals surface area contributed by atoms with Crippen molar-refractivity contribution in [3.8, 4) is 11.1 Å². The van der Waals surface area contributed by atoms with Crippen LogP contribution in [0.25, 0.3) is 11.1 Å². The van der Waals surface area contributed by atoms with Gasteiger partial charge in [0.25, 0.3) is 0 Å². The number of aromatic carboxylic acids is 1. The molecule has 0 saturated heterocycles. The van der Waals surface area contributed by atoms with Gasteiger partial charge in [-0.05, 0) is 36.4 Å². The van der Waals surface area contributed by atoms with Gasteiger partial charge in [-0.25, -0.2) is 4.79 Å². The standard InChI is InChI=1S/C17H15Cl2NO4.ClH/c18-14-4-2-9(11(8-20)7-16(21)22)5-13(14)12-3-1-10(17(23)24)6-15(12)19;/h1-6,11H,7-8,20H2,(H,21,22)(H,23,24);1H/t11-;/m0./s1. The van der Waals surface area contributed by atoms with E-state index in [2.05, 4.69) is 0 Å². The molecule has 0 bridgehead atoms. The monoisotopic (exact) mass is 403 g/mol. The van der Waals surface area contributed by atoms with Gasteiger partial charge >= 0.3 is 11.9 Å². The predicted molar refractivity (Wildman–Crippen MR) is 100 cm³/mol. The van der Waals surface area contributed by atoms with Crippen LogP contribution in [0.4, 0.5) is 0 Å². The molecule has 1 atom stereocenters. The van der Waals surface area contributed by atoms with Crippen molar-refractivity contribution in [2.24, 2.45) is 5.73 Å².